The predicted octanol–water partition coefficient (Wildman–Crippen LogP) is 4.23. The highest BCUT2D eigenvalue weighted by Crippen LogP contribution is 2.36. The summed E-state index contributed by atoms with van der Waals surface area (Å²) in [5, 5.41) is 14.0. The molecule has 2 aliphatic heterocycles. The van der Waals surface area contributed by atoms with Gasteiger partial charge in [0.1, 0.15) is 5.60 Å². The van der Waals surface area contributed by atoms with Crippen molar-refractivity contribution in [2.24, 2.45) is 0 Å². The molecule has 31 heavy (non-hydrogen) atoms. The Morgan fingerprint density at radius 1 is 1.19 bits per heavy atom. The van der Waals surface area contributed by atoms with Gasteiger partial charge in [-0.15, -0.1) is 0 Å². The van der Waals surface area contributed by atoms with Crippen LogP contribution in [0.2, 0.25) is 0 Å². The summed E-state index contributed by atoms with van der Waals surface area (Å²) < 4.78 is 0. The number of aromatic nitrogens is 1. The van der Waals surface area contributed by atoms with Crippen LogP contribution in [0, 0.1) is 0 Å². The van der Waals surface area contributed by atoms with E-state index in [0.29, 0.717) is 30.4 Å². The third kappa shape index (κ3) is 4.53. The Morgan fingerprint density at radius 2 is 1.97 bits per heavy atom. The first-order chi connectivity index (χ1) is 14.5. The Bertz CT molecular complexity index is 979. The fourth-order valence-corrected chi connectivity index (χ4v) is 4.65. The minimum atomic E-state index is -1.07. The summed E-state index contributed by atoms with van der Waals surface area (Å²) in [6, 6.07) is 8.56. The van der Waals surface area contributed by atoms with Crippen LogP contribution in [0.1, 0.15) is 91.8 Å². The molecule has 0 unspecified atom stereocenters. The molecule has 0 bridgehead atoms. The van der Waals surface area contributed by atoms with Crippen molar-refractivity contribution < 1.29 is 9.90 Å². The molecule has 1 fully saturated rings. The van der Waals surface area contributed by atoms with Crippen LogP contribution in [0.15, 0.2) is 30.5 Å². The smallest absolute Gasteiger partial charge is 0.254 e. The van der Waals surface area contributed by atoms with Crippen molar-refractivity contribution in [1.29, 1.82) is 0 Å². The van der Waals surface area contributed by atoms with E-state index in [1.165, 1.54) is 28.7 Å². The molecule has 0 saturated carbocycles. The molecule has 1 aromatic heterocycles. The van der Waals surface area contributed by atoms with E-state index >= 15 is 0 Å². The molecular formula is C26H35N3O2. The van der Waals surface area contributed by atoms with E-state index in [9.17, 15) is 9.90 Å². The number of nitrogens with zero attached hydrogens (tertiary/aromatic N) is 2. The zero-order chi connectivity index (χ0) is 22.4. The molecular weight excluding hydrogens is 386 g/mol. The molecule has 0 aliphatic carbocycles. The zero-order valence-corrected chi connectivity index (χ0v) is 19.5. The lowest BCUT2D eigenvalue weighted by atomic mass is 9.80. The van der Waals surface area contributed by atoms with Gasteiger partial charge in [0.2, 0.25) is 0 Å². The van der Waals surface area contributed by atoms with Crippen LogP contribution in [0.25, 0.3) is 0 Å². The predicted molar refractivity (Wildman–Crippen MR) is 123 cm³/mol. The number of amides is 1. The van der Waals surface area contributed by atoms with Crippen molar-refractivity contribution in [3.05, 3.63) is 64.0 Å². The molecule has 0 spiro atoms. The van der Waals surface area contributed by atoms with Gasteiger partial charge in [0.05, 0.1) is 5.69 Å². The number of hydrogen-bond acceptors (Lipinski definition) is 4. The van der Waals surface area contributed by atoms with Crippen molar-refractivity contribution in [1.82, 2.24) is 15.2 Å². The molecule has 166 valence electrons. The quantitative estimate of drug-likeness (QED) is 0.778. The van der Waals surface area contributed by atoms with E-state index in [4.69, 9.17) is 0 Å². The second-order valence-electron chi connectivity index (χ2n) is 10.6. The molecule has 1 atom stereocenters. The first-order valence-corrected chi connectivity index (χ1v) is 11.4. The number of pyridine rings is 1. The van der Waals surface area contributed by atoms with Crippen LogP contribution in [0.4, 0.5) is 0 Å². The van der Waals surface area contributed by atoms with Crippen LogP contribution in [0.5, 0.6) is 0 Å². The molecule has 1 saturated heterocycles. The van der Waals surface area contributed by atoms with Gasteiger partial charge in [0.15, 0.2) is 0 Å². The van der Waals surface area contributed by atoms with Gasteiger partial charge < -0.3 is 15.3 Å². The molecule has 3 heterocycles. The zero-order valence-electron chi connectivity index (χ0n) is 19.5. The number of hydrogen-bond donors (Lipinski definition) is 2. The number of carbonyl (C=O) groups is 1. The van der Waals surface area contributed by atoms with Crippen molar-refractivity contribution in [3.63, 3.8) is 0 Å². The number of rotatable bonds is 3. The average molecular weight is 422 g/mol. The van der Waals surface area contributed by atoms with E-state index < -0.39 is 5.60 Å². The highest BCUT2D eigenvalue weighted by atomic mass is 16.3. The first kappa shape index (κ1) is 22.0. The Kier molecular flexibility index (Phi) is 5.69. The average Bonchev–Trinajstić information content (AvgIpc) is 3.25. The summed E-state index contributed by atoms with van der Waals surface area (Å²) in [4.78, 5) is 19.5. The molecule has 1 amide bonds. The molecule has 1 aromatic carbocycles. The summed E-state index contributed by atoms with van der Waals surface area (Å²) in [5.74, 6) is 0.00350. The van der Waals surface area contributed by atoms with Crippen molar-refractivity contribution in [3.8, 4) is 0 Å². The summed E-state index contributed by atoms with van der Waals surface area (Å²) in [5.41, 5.74) is 5.55. The minimum Gasteiger partial charge on any atom is -0.384 e. The van der Waals surface area contributed by atoms with Crippen molar-refractivity contribution in [2.75, 3.05) is 13.1 Å². The fourth-order valence-electron chi connectivity index (χ4n) is 4.65. The topological polar surface area (TPSA) is 65.5 Å². The molecule has 2 aromatic rings. The second-order valence-corrected chi connectivity index (χ2v) is 10.6. The van der Waals surface area contributed by atoms with E-state index in [1.54, 1.807) is 32.2 Å². The lowest BCUT2D eigenvalue weighted by Crippen LogP contribution is -2.37. The van der Waals surface area contributed by atoms with Gasteiger partial charge in [-0.1, -0.05) is 32.9 Å². The van der Waals surface area contributed by atoms with Gasteiger partial charge in [-0.3, -0.25) is 9.78 Å². The van der Waals surface area contributed by atoms with Gasteiger partial charge >= 0.3 is 0 Å². The van der Waals surface area contributed by atoms with Crippen LogP contribution in [-0.4, -0.2) is 34.0 Å². The number of aliphatic hydroxyl groups is 1. The maximum Gasteiger partial charge on any atom is 0.254 e. The normalized spacial score (nSPS) is 19.4. The van der Waals surface area contributed by atoms with E-state index in [-0.39, 0.29) is 11.3 Å². The minimum absolute atomic E-state index is 0.00350. The lowest BCUT2D eigenvalue weighted by Gasteiger charge is -2.34. The lowest BCUT2D eigenvalue weighted by molar-refractivity contribution is 0.0714. The maximum absolute atomic E-state index is 13.3. The van der Waals surface area contributed by atoms with Crippen LogP contribution in [-0.2, 0) is 24.0 Å². The molecule has 4 rings (SSSR count). The SMILES string of the molecule is CC(C)(C)c1cc2c(c([C@@H]3CCCN3)c1)CN(C(=O)c1ccnc(C(C)(C)O)c1)CC2. The van der Waals surface area contributed by atoms with Gasteiger partial charge in [0.25, 0.3) is 5.91 Å². The molecule has 0 radical (unpaired) electrons. The van der Waals surface area contributed by atoms with E-state index in [0.717, 1.165) is 19.4 Å². The van der Waals surface area contributed by atoms with Gasteiger partial charge in [-0.2, -0.15) is 0 Å². The molecule has 2 N–H and O–H groups in total. The number of nitrogens with one attached hydrogen (secondary N) is 1. The third-order valence-corrected chi connectivity index (χ3v) is 6.60. The summed E-state index contributed by atoms with van der Waals surface area (Å²) in [6.45, 7) is 12.6. The summed E-state index contributed by atoms with van der Waals surface area (Å²) in [6.07, 6.45) is 4.82. The Labute approximate surface area is 185 Å². The Morgan fingerprint density at radius 3 is 2.61 bits per heavy atom. The number of carbonyl (C=O) groups excluding carboxylic acids is 1. The molecule has 2 aliphatic rings. The maximum atomic E-state index is 13.3. The fraction of sp³-hybridized carbons (Fsp3) is 0.538. The largest absolute Gasteiger partial charge is 0.384 e. The monoisotopic (exact) mass is 421 g/mol. The molecule has 5 heteroatoms. The van der Waals surface area contributed by atoms with Gasteiger partial charge in [-0.05, 0) is 79.5 Å². The van der Waals surface area contributed by atoms with Gasteiger partial charge in [-0.25, -0.2) is 0 Å². The third-order valence-electron chi connectivity index (χ3n) is 6.60. The Hall–Kier alpha value is -2.24. The number of fused-ring (bicyclic) bond motifs is 1. The highest BCUT2D eigenvalue weighted by Gasteiger charge is 2.30. The molecule has 5 nitrogen and oxygen atoms in total. The Balaban J connectivity index is 1.67. The van der Waals surface area contributed by atoms with E-state index in [1.807, 2.05) is 4.90 Å². The van der Waals surface area contributed by atoms with Crippen LogP contribution < -0.4 is 5.32 Å². The van der Waals surface area contributed by atoms with Crippen LogP contribution in [0.3, 0.4) is 0 Å². The van der Waals surface area contributed by atoms with Crippen LogP contribution >= 0.6 is 0 Å². The van der Waals surface area contributed by atoms with E-state index in [2.05, 4.69) is 43.2 Å². The summed E-state index contributed by atoms with van der Waals surface area (Å²) in [7, 11) is 0. The summed E-state index contributed by atoms with van der Waals surface area (Å²) >= 11 is 0. The standard InChI is InChI=1S/C26H35N3O2/c1-25(2,3)19-13-17-9-12-29(16-21(17)20(15-19)22-7-6-10-27-22)24(30)18-8-11-28-23(14-18)26(4,5)31/h8,11,13-15,22,27,31H,6-7,9-10,12,16H2,1-5H3/t22-/m0/s1. The highest BCUT2D eigenvalue weighted by molar-refractivity contribution is 5.94. The first-order valence-electron chi connectivity index (χ1n) is 11.4. The van der Waals surface area contributed by atoms with Gasteiger partial charge in [0, 0.05) is 30.9 Å². The number of benzene rings is 1. The van der Waals surface area contributed by atoms with Crippen molar-refractivity contribution >= 4 is 5.91 Å². The second kappa shape index (κ2) is 8.03. The van der Waals surface area contributed by atoms with Crippen molar-refractivity contribution in [2.45, 2.75) is 77.5 Å².